The molecular weight excluding hydrogens is 404 g/mol. The minimum absolute atomic E-state index is 0.269. The standard InChI is InChI=1S/C25H26N4OS/c26-24-23(25-27-21(17-31-25)19-9-5-2-6-10-19)22(30)16-29(24)20-11-13-28(14-12-20)15-18-7-3-1-4-8-18/h1-10,17,20,26,30H,11-16H2. The van der Waals surface area contributed by atoms with Gasteiger partial charge in [-0.25, -0.2) is 4.98 Å². The highest BCUT2D eigenvalue weighted by atomic mass is 32.1. The predicted molar refractivity (Wildman–Crippen MR) is 126 cm³/mol. The van der Waals surface area contributed by atoms with Gasteiger partial charge in [-0.2, -0.15) is 0 Å². The number of amidine groups is 1. The van der Waals surface area contributed by atoms with E-state index in [0.717, 1.165) is 48.7 Å². The molecule has 0 amide bonds. The lowest BCUT2D eigenvalue weighted by Gasteiger charge is -2.37. The number of hydrogen-bond donors (Lipinski definition) is 2. The van der Waals surface area contributed by atoms with E-state index in [2.05, 4.69) is 40.1 Å². The van der Waals surface area contributed by atoms with E-state index >= 15 is 0 Å². The Morgan fingerprint density at radius 3 is 2.39 bits per heavy atom. The van der Waals surface area contributed by atoms with Crippen molar-refractivity contribution in [2.45, 2.75) is 25.4 Å². The van der Waals surface area contributed by atoms with Gasteiger partial charge in [0.25, 0.3) is 0 Å². The summed E-state index contributed by atoms with van der Waals surface area (Å²) in [6.45, 7) is 3.41. The summed E-state index contributed by atoms with van der Waals surface area (Å²) in [5, 5.41) is 22.2. The first-order valence-corrected chi connectivity index (χ1v) is 11.6. The number of piperidine rings is 1. The van der Waals surface area contributed by atoms with E-state index in [9.17, 15) is 5.11 Å². The van der Waals surface area contributed by atoms with E-state index < -0.39 is 0 Å². The molecule has 5 nitrogen and oxygen atoms in total. The minimum Gasteiger partial charge on any atom is -0.510 e. The maximum Gasteiger partial charge on any atom is 0.135 e. The fourth-order valence-corrected chi connectivity index (χ4v) is 5.39. The smallest absolute Gasteiger partial charge is 0.135 e. The minimum atomic E-state index is 0.269. The van der Waals surface area contributed by atoms with E-state index in [4.69, 9.17) is 10.4 Å². The number of hydrogen-bond acceptors (Lipinski definition) is 5. The Kier molecular flexibility index (Phi) is 5.57. The van der Waals surface area contributed by atoms with Crippen LogP contribution in [-0.2, 0) is 6.54 Å². The van der Waals surface area contributed by atoms with Crippen LogP contribution in [0.3, 0.4) is 0 Å². The molecule has 0 spiro atoms. The molecule has 3 heterocycles. The van der Waals surface area contributed by atoms with E-state index in [0.29, 0.717) is 18.0 Å². The summed E-state index contributed by atoms with van der Waals surface area (Å²) >= 11 is 1.49. The number of thiazole rings is 1. The Morgan fingerprint density at radius 1 is 1.00 bits per heavy atom. The van der Waals surface area contributed by atoms with Gasteiger partial charge in [0, 0.05) is 36.6 Å². The van der Waals surface area contributed by atoms with E-state index in [1.165, 1.54) is 16.9 Å². The average Bonchev–Trinajstić information content (AvgIpc) is 3.40. The molecule has 3 aromatic rings. The second-order valence-electron chi connectivity index (χ2n) is 8.20. The fraction of sp³-hybridized carbons (Fsp3) is 0.280. The normalized spacial score (nSPS) is 18.2. The molecule has 0 atom stereocenters. The maximum absolute atomic E-state index is 10.7. The number of aliphatic hydroxyl groups is 1. The zero-order valence-electron chi connectivity index (χ0n) is 17.4. The molecule has 158 valence electrons. The van der Waals surface area contributed by atoms with Crippen molar-refractivity contribution >= 4 is 22.7 Å². The molecule has 6 heteroatoms. The van der Waals surface area contributed by atoms with Gasteiger partial charge in [-0.05, 0) is 18.4 Å². The lowest BCUT2D eigenvalue weighted by Crippen LogP contribution is -2.45. The molecule has 2 aliphatic rings. The Labute approximate surface area is 186 Å². The molecule has 0 bridgehead atoms. The number of aromatic nitrogens is 1. The van der Waals surface area contributed by atoms with Crippen LogP contribution in [0.5, 0.6) is 0 Å². The van der Waals surface area contributed by atoms with Crippen molar-refractivity contribution in [1.29, 1.82) is 5.41 Å². The Morgan fingerprint density at radius 2 is 1.68 bits per heavy atom. The number of nitrogens with one attached hydrogen (secondary N) is 1. The summed E-state index contributed by atoms with van der Waals surface area (Å²) < 4.78 is 0. The van der Waals surface area contributed by atoms with Crippen molar-refractivity contribution in [2.75, 3.05) is 19.6 Å². The van der Waals surface area contributed by atoms with Gasteiger partial charge in [0.2, 0.25) is 0 Å². The van der Waals surface area contributed by atoms with Gasteiger partial charge in [0.1, 0.15) is 16.6 Å². The van der Waals surface area contributed by atoms with Crippen molar-refractivity contribution in [3.63, 3.8) is 0 Å². The van der Waals surface area contributed by atoms with Crippen LogP contribution >= 0.6 is 11.3 Å². The first kappa shape index (κ1) is 20.0. The molecule has 1 aromatic heterocycles. The van der Waals surface area contributed by atoms with Crippen molar-refractivity contribution in [3.8, 4) is 11.3 Å². The van der Waals surface area contributed by atoms with Crippen LogP contribution in [0.15, 0.2) is 71.8 Å². The highest BCUT2D eigenvalue weighted by Gasteiger charge is 2.35. The fourth-order valence-electron chi connectivity index (χ4n) is 4.50. The topological polar surface area (TPSA) is 63.5 Å². The molecule has 2 aliphatic heterocycles. The number of nitrogens with zero attached hydrogens (tertiary/aromatic N) is 3. The van der Waals surface area contributed by atoms with Crippen LogP contribution in [0.1, 0.15) is 23.4 Å². The molecule has 1 fully saturated rings. The SMILES string of the molecule is N=C1C(c2nc(-c3ccccc3)cs2)=C(O)CN1C1CCN(Cc2ccccc2)CC1. The third kappa shape index (κ3) is 4.13. The molecule has 5 rings (SSSR count). The van der Waals surface area contributed by atoms with Crippen molar-refractivity contribution in [2.24, 2.45) is 0 Å². The van der Waals surface area contributed by atoms with Crippen LogP contribution in [0, 0.1) is 5.41 Å². The Bertz CT molecular complexity index is 1080. The second-order valence-corrected chi connectivity index (χ2v) is 9.05. The molecule has 31 heavy (non-hydrogen) atoms. The van der Waals surface area contributed by atoms with Gasteiger partial charge >= 0.3 is 0 Å². The van der Waals surface area contributed by atoms with Crippen LogP contribution in [0.4, 0.5) is 0 Å². The van der Waals surface area contributed by atoms with E-state index in [1.54, 1.807) is 0 Å². The lowest BCUT2D eigenvalue weighted by atomic mass is 10.0. The van der Waals surface area contributed by atoms with Crippen molar-refractivity contribution in [1.82, 2.24) is 14.8 Å². The first-order valence-electron chi connectivity index (χ1n) is 10.7. The van der Waals surface area contributed by atoms with E-state index in [1.807, 2.05) is 35.7 Å². The van der Waals surface area contributed by atoms with Gasteiger partial charge in [-0.1, -0.05) is 60.7 Å². The van der Waals surface area contributed by atoms with E-state index in [-0.39, 0.29) is 11.8 Å². The maximum atomic E-state index is 10.7. The Balaban J connectivity index is 1.24. The van der Waals surface area contributed by atoms with Crippen molar-refractivity contribution < 1.29 is 5.11 Å². The van der Waals surface area contributed by atoms with Crippen LogP contribution in [-0.4, -0.2) is 51.4 Å². The predicted octanol–water partition coefficient (Wildman–Crippen LogP) is 5.04. The summed E-state index contributed by atoms with van der Waals surface area (Å²) in [7, 11) is 0. The molecule has 2 aromatic carbocycles. The van der Waals surface area contributed by atoms with Crippen molar-refractivity contribution in [3.05, 3.63) is 82.4 Å². The molecule has 1 saturated heterocycles. The third-order valence-electron chi connectivity index (χ3n) is 6.17. The number of likely N-dealkylation sites (tertiary alicyclic amines) is 1. The molecule has 0 unspecified atom stereocenters. The lowest BCUT2D eigenvalue weighted by molar-refractivity contribution is 0.149. The summed E-state index contributed by atoms with van der Waals surface area (Å²) in [5.41, 5.74) is 3.88. The molecule has 0 radical (unpaired) electrons. The summed E-state index contributed by atoms with van der Waals surface area (Å²) in [4.78, 5) is 9.27. The Hall–Kier alpha value is -2.96. The summed E-state index contributed by atoms with van der Waals surface area (Å²) in [6.07, 6.45) is 2.01. The average molecular weight is 431 g/mol. The van der Waals surface area contributed by atoms with Crippen LogP contribution < -0.4 is 0 Å². The highest BCUT2D eigenvalue weighted by Crippen LogP contribution is 2.34. The van der Waals surface area contributed by atoms with Gasteiger partial charge in [0.15, 0.2) is 0 Å². The van der Waals surface area contributed by atoms with Crippen LogP contribution in [0.2, 0.25) is 0 Å². The molecule has 0 aliphatic carbocycles. The van der Waals surface area contributed by atoms with Gasteiger partial charge < -0.3 is 10.0 Å². The zero-order valence-corrected chi connectivity index (χ0v) is 18.2. The van der Waals surface area contributed by atoms with Crippen LogP contribution in [0.25, 0.3) is 16.8 Å². The first-order chi connectivity index (χ1) is 15.2. The molecule has 2 N–H and O–H groups in total. The van der Waals surface area contributed by atoms with Gasteiger partial charge in [-0.3, -0.25) is 10.3 Å². The monoisotopic (exact) mass is 430 g/mol. The molecular formula is C25H26N4OS. The van der Waals surface area contributed by atoms with Gasteiger partial charge in [-0.15, -0.1) is 11.3 Å². The highest BCUT2D eigenvalue weighted by molar-refractivity contribution is 7.11. The third-order valence-corrected chi connectivity index (χ3v) is 7.03. The number of aliphatic hydroxyl groups excluding tert-OH is 1. The second kappa shape index (κ2) is 8.65. The van der Waals surface area contributed by atoms with Gasteiger partial charge in [0.05, 0.1) is 17.8 Å². The summed E-state index contributed by atoms with van der Waals surface area (Å²) in [5.74, 6) is 0.679. The number of benzene rings is 2. The summed E-state index contributed by atoms with van der Waals surface area (Å²) in [6, 6.07) is 20.9. The largest absolute Gasteiger partial charge is 0.510 e. The molecule has 0 saturated carbocycles. The zero-order chi connectivity index (χ0) is 21.2. The quantitative estimate of drug-likeness (QED) is 0.595. The number of rotatable bonds is 5.